The molecule has 3 rings (SSSR count). The highest BCUT2D eigenvalue weighted by atomic mass is 127. The summed E-state index contributed by atoms with van der Waals surface area (Å²) in [6.45, 7) is 2.56. The van der Waals surface area contributed by atoms with Crippen LogP contribution in [0, 0.1) is 0 Å². The molecule has 0 amide bonds. The van der Waals surface area contributed by atoms with Gasteiger partial charge in [-0.3, -0.25) is 9.56 Å². The van der Waals surface area contributed by atoms with Gasteiger partial charge in [0.25, 0.3) is 0 Å². The number of nitrogens with zero attached hydrogens (tertiary/aromatic N) is 4. The van der Waals surface area contributed by atoms with Gasteiger partial charge in [0.2, 0.25) is 5.75 Å². The highest BCUT2D eigenvalue weighted by molar-refractivity contribution is 14.0. The summed E-state index contributed by atoms with van der Waals surface area (Å²) in [7, 11) is 6.49. The molecule has 178 valence electrons. The molecule has 0 atom stereocenters. The molecule has 0 bridgehead atoms. The molecule has 2 aromatic rings. The van der Waals surface area contributed by atoms with Gasteiger partial charge >= 0.3 is 5.69 Å². The molecule has 1 aromatic heterocycles. The molecule has 1 aliphatic heterocycles. The highest BCUT2D eigenvalue weighted by Crippen LogP contribution is 2.38. The average Bonchev–Trinajstić information content (AvgIpc) is 3.13. The quantitative estimate of drug-likeness (QED) is 0.209. The Kier molecular flexibility index (Phi) is 10.1. The van der Waals surface area contributed by atoms with Gasteiger partial charge in [-0.05, 0) is 37.0 Å². The van der Waals surface area contributed by atoms with E-state index >= 15 is 0 Å². The van der Waals surface area contributed by atoms with Crippen molar-refractivity contribution in [2.24, 2.45) is 4.99 Å². The lowest BCUT2D eigenvalue weighted by Gasteiger charge is -2.16. The molecule has 10 nitrogen and oxygen atoms in total. The van der Waals surface area contributed by atoms with Crippen molar-refractivity contribution in [3.63, 3.8) is 0 Å². The van der Waals surface area contributed by atoms with Gasteiger partial charge in [-0.2, -0.15) is 5.10 Å². The van der Waals surface area contributed by atoms with Crippen molar-refractivity contribution in [2.45, 2.75) is 45.3 Å². The smallest absolute Gasteiger partial charge is 0.345 e. The van der Waals surface area contributed by atoms with Crippen LogP contribution in [0.25, 0.3) is 0 Å². The van der Waals surface area contributed by atoms with Crippen molar-refractivity contribution in [2.75, 3.05) is 34.9 Å². The molecular formula is C21H33IN6O4. The van der Waals surface area contributed by atoms with Gasteiger partial charge in [0.1, 0.15) is 5.82 Å². The number of guanidine groups is 1. The van der Waals surface area contributed by atoms with Gasteiger partial charge < -0.3 is 24.8 Å². The Labute approximate surface area is 205 Å². The Bertz CT molecular complexity index is 947. The van der Waals surface area contributed by atoms with Crippen LogP contribution in [0.15, 0.2) is 21.9 Å². The van der Waals surface area contributed by atoms with Crippen molar-refractivity contribution in [3.05, 3.63) is 34.0 Å². The third-order valence-corrected chi connectivity index (χ3v) is 5.28. The number of aryl methyl sites for hydroxylation is 2. The van der Waals surface area contributed by atoms with Crippen LogP contribution in [0.4, 0.5) is 0 Å². The summed E-state index contributed by atoms with van der Waals surface area (Å²) in [5, 5.41) is 11.0. The van der Waals surface area contributed by atoms with E-state index in [0.717, 1.165) is 43.6 Å². The van der Waals surface area contributed by atoms with E-state index in [1.165, 1.54) is 0 Å². The lowest BCUT2D eigenvalue weighted by molar-refractivity contribution is 0.323. The maximum Gasteiger partial charge on any atom is 0.345 e. The summed E-state index contributed by atoms with van der Waals surface area (Å²) in [6.07, 6.45) is 3.80. The Morgan fingerprint density at radius 3 is 2.44 bits per heavy atom. The number of ether oxygens (including phenoxy) is 3. The summed E-state index contributed by atoms with van der Waals surface area (Å²) >= 11 is 0. The number of hydrogen-bond acceptors (Lipinski definition) is 6. The summed E-state index contributed by atoms with van der Waals surface area (Å²) in [6, 6.07) is 3.79. The second kappa shape index (κ2) is 12.6. The zero-order chi connectivity index (χ0) is 22.2. The van der Waals surface area contributed by atoms with Crippen molar-refractivity contribution in [1.82, 2.24) is 25.0 Å². The number of aliphatic imine (C=N–C) groups is 1. The van der Waals surface area contributed by atoms with Crippen molar-refractivity contribution in [1.29, 1.82) is 0 Å². The Morgan fingerprint density at radius 1 is 1.12 bits per heavy atom. The fourth-order valence-electron chi connectivity index (χ4n) is 3.67. The molecule has 2 heterocycles. The summed E-state index contributed by atoms with van der Waals surface area (Å²) in [5.41, 5.74) is 0.965. The maximum atomic E-state index is 12.4. The highest BCUT2D eigenvalue weighted by Gasteiger charge is 2.16. The monoisotopic (exact) mass is 560 g/mol. The predicted molar refractivity (Wildman–Crippen MR) is 134 cm³/mol. The predicted octanol–water partition coefficient (Wildman–Crippen LogP) is 1.78. The molecule has 0 aliphatic carbocycles. The minimum atomic E-state index is -0.000364. The molecule has 0 spiro atoms. The molecule has 32 heavy (non-hydrogen) atoms. The number of rotatable bonds is 9. The van der Waals surface area contributed by atoms with Gasteiger partial charge in [0.05, 0.1) is 21.3 Å². The molecule has 0 unspecified atom stereocenters. The van der Waals surface area contributed by atoms with Gasteiger partial charge in [-0.1, -0.05) is 0 Å². The number of benzene rings is 1. The van der Waals surface area contributed by atoms with Crippen molar-refractivity contribution >= 4 is 29.9 Å². The number of fused-ring (bicyclic) bond motifs is 1. The van der Waals surface area contributed by atoms with E-state index in [1.54, 1.807) is 37.6 Å². The first-order chi connectivity index (χ1) is 15.1. The van der Waals surface area contributed by atoms with E-state index in [-0.39, 0.29) is 29.7 Å². The molecule has 0 radical (unpaired) electrons. The van der Waals surface area contributed by atoms with E-state index in [1.807, 2.05) is 12.1 Å². The van der Waals surface area contributed by atoms with Crippen molar-refractivity contribution in [3.8, 4) is 17.2 Å². The van der Waals surface area contributed by atoms with Crippen LogP contribution in [0.5, 0.6) is 17.2 Å². The largest absolute Gasteiger partial charge is 0.493 e. The minimum absolute atomic E-state index is 0. The summed E-state index contributed by atoms with van der Waals surface area (Å²) < 4.78 is 19.5. The molecule has 0 saturated heterocycles. The number of hydrogen-bond donors (Lipinski definition) is 2. The number of aromatic nitrogens is 3. The Morgan fingerprint density at radius 2 is 1.84 bits per heavy atom. The van der Waals surface area contributed by atoms with Gasteiger partial charge in [-0.25, -0.2) is 9.48 Å². The Balaban J connectivity index is 0.00000363. The van der Waals surface area contributed by atoms with Crippen LogP contribution < -0.4 is 30.5 Å². The summed E-state index contributed by atoms with van der Waals surface area (Å²) in [5.74, 6) is 3.36. The normalized spacial score (nSPS) is 13.1. The number of nitrogens with one attached hydrogen (secondary N) is 2. The third-order valence-electron chi connectivity index (χ3n) is 5.28. The number of halogens is 1. The van der Waals surface area contributed by atoms with Crippen LogP contribution in [-0.4, -0.2) is 55.2 Å². The first-order valence-electron chi connectivity index (χ1n) is 10.5. The van der Waals surface area contributed by atoms with E-state index in [4.69, 9.17) is 14.2 Å². The fraction of sp³-hybridized carbons (Fsp3) is 0.571. The molecule has 1 aliphatic rings. The average molecular weight is 560 g/mol. The van der Waals surface area contributed by atoms with Gasteiger partial charge in [0, 0.05) is 39.6 Å². The molecular weight excluding hydrogens is 527 g/mol. The van der Waals surface area contributed by atoms with E-state index < -0.39 is 0 Å². The van der Waals surface area contributed by atoms with Crippen LogP contribution in [-0.2, 0) is 26.1 Å². The third kappa shape index (κ3) is 6.08. The Hall–Kier alpha value is -2.44. The lowest BCUT2D eigenvalue weighted by Crippen LogP contribution is -2.38. The molecule has 0 fully saturated rings. The molecule has 1 aromatic carbocycles. The fourth-order valence-corrected chi connectivity index (χ4v) is 3.67. The van der Waals surface area contributed by atoms with E-state index in [9.17, 15) is 4.79 Å². The zero-order valence-electron chi connectivity index (χ0n) is 19.1. The first kappa shape index (κ1) is 25.8. The van der Waals surface area contributed by atoms with E-state index in [0.29, 0.717) is 42.8 Å². The minimum Gasteiger partial charge on any atom is -0.493 e. The van der Waals surface area contributed by atoms with Gasteiger partial charge in [-0.15, -0.1) is 24.0 Å². The summed E-state index contributed by atoms with van der Waals surface area (Å²) in [4.78, 5) is 16.6. The van der Waals surface area contributed by atoms with Gasteiger partial charge in [0.15, 0.2) is 17.5 Å². The molecule has 2 N–H and O–H groups in total. The second-order valence-electron chi connectivity index (χ2n) is 7.27. The lowest BCUT2D eigenvalue weighted by atomic mass is 10.2. The molecule has 11 heteroatoms. The second-order valence-corrected chi connectivity index (χ2v) is 7.27. The van der Waals surface area contributed by atoms with E-state index in [2.05, 4.69) is 20.7 Å². The van der Waals surface area contributed by atoms with Crippen LogP contribution in [0.3, 0.4) is 0 Å². The zero-order valence-corrected chi connectivity index (χ0v) is 21.5. The number of methoxy groups -OCH3 is 3. The maximum absolute atomic E-state index is 12.4. The standard InChI is InChI=1S/C21H32N6O4.HI/c1-22-20(24-14-15-12-16(29-2)19(31-4)17(13-15)30-3)23-9-7-11-27-21(28)26-10-6-5-8-18(26)25-27;/h12-13H,5-11,14H2,1-4H3,(H2,22,23,24);1H. The van der Waals surface area contributed by atoms with Crippen LogP contribution >= 0.6 is 24.0 Å². The SMILES string of the molecule is CN=C(NCCCn1nc2n(c1=O)CCCC2)NCc1cc(OC)c(OC)c(OC)c1.I. The van der Waals surface area contributed by atoms with Crippen LogP contribution in [0.2, 0.25) is 0 Å². The topological polar surface area (TPSA) is 104 Å². The molecule has 0 saturated carbocycles. The first-order valence-corrected chi connectivity index (χ1v) is 10.5. The van der Waals surface area contributed by atoms with Crippen molar-refractivity contribution < 1.29 is 14.2 Å². The van der Waals surface area contributed by atoms with Crippen LogP contribution in [0.1, 0.15) is 30.7 Å².